The number of aryl methyl sites for hydroxylation is 2. The molecule has 8 heteroatoms. The van der Waals surface area contributed by atoms with Gasteiger partial charge in [0.2, 0.25) is 5.91 Å². The quantitative estimate of drug-likeness (QED) is 0.605. The predicted molar refractivity (Wildman–Crippen MR) is 106 cm³/mol. The van der Waals surface area contributed by atoms with Gasteiger partial charge in [0.25, 0.3) is 0 Å². The van der Waals surface area contributed by atoms with Crippen LogP contribution in [0.1, 0.15) is 43.8 Å². The van der Waals surface area contributed by atoms with E-state index in [4.69, 9.17) is 0 Å². The summed E-state index contributed by atoms with van der Waals surface area (Å²) in [6, 6.07) is 0.303. The van der Waals surface area contributed by atoms with Crippen molar-refractivity contribution in [3.8, 4) is 0 Å². The molecule has 3 atom stereocenters. The molecule has 3 unspecified atom stereocenters. The maximum absolute atomic E-state index is 12.3. The zero-order valence-corrected chi connectivity index (χ0v) is 17.0. The van der Waals surface area contributed by atoms with E-state index in [-0.39, 0.29) is 11.8 Å². The predicted octanol–water partition coefficient (Wildman–Crippen LogP) is 0.961. The molecule has 0 radical (unpaired) electrons. The maximum atomic E-state index is 12.3. The number of rotatable bonds is 4. The van der Waals surface area contributed by atoms with Crippen LogP contribution in [0.4, 0.5) is 0 Å². The Bertz CT molecular complexity index is 682. The topological polar surface area (TPSA) is 87.4 Å². The van der Waals surface area contributed by atoms with E-state index in [1.165, 1.54) is 0 Å². The molecule has 0 saturated heterocycles. The number of carbonyl (C=O) groups is 1. The van der Waals surface area contributed by atoms with Crippen LogP contribution in [0.2, 0.25) is 0 Å². The van der Waals surface area contributed by atoms with Crippen molar-refractivity contribution >= 4 is 11.9 Å². The summed E-state index contributed by atoms with van der Waals surface area (Å²) in [6.45, 7) is 3.85. The molecule has 1 aromatic rings. The second-order valence-corrected chi connectivity index (χ2v) is 8.07. The molecule has 8 nitrogen and oxygen atoms in total. The molecule has 2 N–H and O–H groups in total. The van der Waals surface area contributed by atoms with E-state index in [0.717, 1.165) is 69.2 Å². The van der Waals surface area contributed by atoms with Gasteiger partial charge in [-0.25, -0.2) is 0 Å². The van der Waals surface area contributed by atoms with Crippen LogP contribution in [0.25, 0.3) is 0 Å². The number of hydrogen-bond donors (Lipinski definition) is 2. The van der Waals surface area contributed by atoms with Crippen molar-refractivity contribution in [3.05, 3.63) is 11.6 Å². The minimum absolute atomic E-state index is 0.123. The van der Waals surface area contributed by atoms with Crippen molar-refractivity contribution in [2.24, 2.45) is 16.8 Å². The lowest BCUT2D eigenvalue weighted by Gasteiger charge is -2.32. The highest BCUT2D eigenvalue weighted by Crippen LogP contribution is 2.25. The molecule has 2 aliphatic rings. The summed E-state index contributed by atoms with van der Waals surface area (Å²) in [4.78, 5) is 18.4. The van der Waals surface area contributed by atoms with Gasteiger partial charge in [-0.15, -0.1) is 10.2 Å². The first kappa shape index (κ1) is 19.6. The second kappa shape index (κ2) is 8.71. The number of nitrogens with one attached hydrogen (secondary N) is 2. The normalized spacial score (nSPS) is 25.6. The summed E-state index contributed by atoms with van der Waals surface area (Å²) < 4.78 is 2.23. The Labute approximate surface area is 161 Å². The van der Waals surface area contributed by atoms with E-state index < -0.39 is 0 Å². The molecule has 27 heavy (non-hydrogen) atoms. The van der Waals surface area contributed by atoms with Crippen molar-refractivity contribution in [2.45, 2.75) is 58.0 Å². The van der Waals surface area contributed by atoms with E-state index in [1.54, 1.807) is 4.90 Å². The van der Waals surface area contributed by atoms with Crippen LogP contribution in [0, 0.1) is 18.8 Å². The smallest absolute Gasteiger partial charge is 0.225 e. The monoisotopic (exact) mass is 375 g/mol. The van der Waals surface area contributed by atoms with Crippen LogP contribution < -0.4 is 10.6 Å². The Kier molecular flexibility index (Phi) is 6.34. The van der Waals surface area contributed by atoms with Crippen LogP contribution >= 0.6 is 0 Å². The van der Waals surface area contributed by atoms with Gasteiger partial charge in [0.05, 0.1) is 0 Å². The van der Waals surface area contributed by atoms with Crippen LogP contribution in [-0.2, 0) is 17.8 Å². The van der Waals surface area contributed by atoms with Crippen molar-refractivity contribution < 1.29 is 4.79 Å². The van der Waals surface area contributed by atoms with Crippen LogP contribution in [0.5, 0.6) is 0 Å². The van der Waals surface area contributed by atoms with Crippen LogP contribution in [0.3, 0.4) is 0 Å². The fourth-order valence-corrected chi connectivity index (χ4v) is 4.24. The van der Waals surface area contributed by atoms with E-state index in [1.807, 2.05) is 28.1 Å². The van der Waals surface area contributed by atoms with Gasteiger partial charge in [0.1, 0.15) is 11.6 Å². The number of guanidine groups is 1. The van der Waals surface area contributed by atoms with E-state index >= 15 is 0 Å². The zero-order chi connectivity index (χ0) is 19.4. The Hall–Kier alpha value is -2.12. The van der Waals surface area contributed by atoms with Crippen molar-refractivity contribution in [2.75, 3.05) is 27.7 Å². The lowest BCUT2D eigenvalue weighted by Crippen LogP contribution is -2.48. The van der Waals surface area contributed by atoms with Crippen molar-refractivity contribution in [1.29, 1.82) is 0 Å². The molecule has 1 saturated carbocycles. The number of fused-ring (bicyclic) bond motifs is 1. The van der Waals surface area contributed by atoms with Crippen molar-refractivity contribution in [1.82, 2.24) is 30.3 Å². The maximum Gasteiger partial charge on any atom is 0.225 e. The van der Waals surface area contributed by atoms with Gasteiger partial charge < -0.3 is 20.1 Å². The second-order valence-electron chi connectivity index (χ2n) is 8.07. The van der Waals surface area contributed by atoms with Gasteiger partial charge in [-0.1, -0.05) is 6.42 Å². The minimum Gasteiger partial charge on any atom is -0.356 e. The average Bonchev–Trinajstić information content (AvgIpc) is 3.05. The summed E-state index contributed by atoms with van der Waals surface area (Å²) >= 11 is 0. The van der Waals surface area contributed by atoms with Gasteiger partial charge in [-0.2, -0.15) is 0 Å². The summed E-state index contributed by atoms with van der Waals surface area (Å²) in [5, 5.41) is 15.4. The number of amides is 1. The molecule has 1 aliphatic carbocycles. The lowest BCUT2D eigenvalue weighted by atomic mass is 9.85. The number of aromatic nitrogens is 3. The third kappa shape index (κ3) is 4.78. The third-order valence-electron chi connectivity index (χ3n) is 5.82. The van der Waals surface area contributed by atoms with E-state index in [0.29, 0.717) is 12.0 Å². The van der Waals surface area contributed by atoms with Crippen molar-refractivity contribution in [3.63, 3.8) is 0 Å². The summed E-state index contributed by atoms with van der Waals surface area (Å²) in [5.74, 6) is 3.84. The molecule has 3 rings (SSSR count). The van der Waals surface area contributed by atoms with Gasteiger partial charge in [-0.3, -0.25) is 9.79 Å². The number of aliphatic imine (C=N–C) groups is 1. The van der Waals surface area contributed by atoms with E-state index in [9.17, 15) is 4.79 Å². The molecule has 1 fully saturated rings. The summed E-state index contributed by atoms with van der Waals surface area (Å²) in [6.07, 6.45) is 6.14. The molecule has 1 amide bonds. The fraction of sp³-hybridized carbons (Fsp3) is 0.789. The molecular formula is C19H33N7O. The molecule has 1 aliphatic heterocycles. The third-order valence-corrected chi connectivity index (χ3v) is 5.82. The fourth-order valence-electron chi connectivity index (χ4n) is 4.24. The molecule has 0 spiro atoms. The van der Waals surface area contributed by atoms with Gasteiger partial charge in [-0.05, 0) is 38.5 Å². The summed E-state index contributed by atoms with van der Waals surface area (Å²) in [7, 11) is 5.49. The molecule has 0 aromatic carbocycles. The number of carbonyl (C=O) groups excluding carboxylic acids is 1. The molecule has 0 bridgehead atoms. The van der Waals surface area contributed by atoms with Gasteiger partial charge >= 0.3 is 0 Å². The molecular weight excluding hydrogens is 342 g/mol. The minimum atomic E-state index is 0.123. The Morgan fingerprint density at radius 2 is 2.11 bits per heavy atom. The largest absolute Gasteiger partial charge is 0.356 e. The molecule has 150 valence electrons. The van der Waals surface area contributed by atoms with E-state index in [2.05, 4.69) is 30.4 Å². The standard InChI is InChI=1S/C19H33N7O/c1-13-23-24-17-9-8-14(12-26(13)17)11-21-19(20-2)22-16-7-5-6-15(10-16)18(27)25(3)4/h14-16H,5-12H2,1-4H3,(H2,20,21,22). The Morgan fingerprint density at radius 1 is 1.30 bits per heavy atom. The highest BCUT2D eigenvalue weighted by atomic mass is 16.2. The first-order valence-corrected chi connectivity index (χ1v) is 10.0. The lowest BCUT2D eigenvalue weighted by molar-refractivity contribution is -0.134. The number of hydrogen-bond acceptors (Lipinski definition) is 4. The zero-order valence-electron chi connectivity index (χ0n) is 17.0. The average molecular weight is 376 g/mol. The molecule has 1 aromatic heterocycles. The Morgan fingerprint density at radius 3 is 2.85 bits per heavy atom. The van der Waals surface area contributed by atoms with Gasteiger partial charge in [0, 0.05) is 52.6 Å². The first-order valence-electron chi connectivity index (χ1n) is 10.0. The van der Waals surface area contributed by atoms with Crippen LogP contribution in [0.15, 0.2) is 4.99 Å². The summed E-state index contributed by atoms with van der Waals surface area (Å²) in [5.41, 5.74) is 0. The van der Waals surface area contributed by atoms with Crippen LogP contribution in [-0.4, -0.2) is 65.3 Å². The highest BCUT2D eigenvalue weighted by Gasteiger charge is 2.29. The van der Waals surface area contributed by atoms with Gasteiger partial charge in [0.15, 0.2) is 5.96 Å². The number of nitrogens with zero attached hydrogens (tertiary/aromatic N) is 5. The Balaban J connectivity index is 1.48. The SMILES string of the molecule is CN=C(NCC1CCc2nnc(C)n2C1)NC1CCCC(C(=O)N(C)C)C1. The molecule has 2 heterocycles. The first-order chi connectivity index (χ1) is 13.0. The highest BCUT2D eigenvalue weighted by molar-refractivity contribution is 5.81.